The van der Waals surface area contributed by atoms with E-state index in [0.29, 0.717) is 5.92 Å². The van der Waals surface area contributed by atoms with E-state index in [0.717, 1.165) is 24.1 Å². The summed E-state index contributed by atoms with van der Waals surface area (Å²) in [6.45, 7) is 5.84. The van der Waals surface area contributed by atoms with E-state index in [1.54, 1.807) is 12.1 Å². The van der Waals surface area contributed by atoms with Crippen LogP contribution in [0.5, 0.6) is 0 Å². The topological polar surface area (TPSA) is 64.7 Å². The lowest BCUT2D eigenvalue weighted by atomic mass is 9.83. The van der Waals surface area contributed by atoms with Crippen molar-refractivity contribution in [2.75, 3.05) is 0 Å². The number of hydrogen-bond donors (Lipinski definition) is 0. The molecule has 1 aromatic rings. The van der Waals surface area contributed by atoms with Crippen molar-refractivity contribution in [3.8, 4) is 0 Å². The highest BCUT2D eigenvalue weighted by atomic mass is 16.6. The molecule has 2 rings (SSSR count). The Balaban J connectivity index is 2.34. The summed E-state index contributed by atoms with van der Waals surface area (Å²) in [5.74, 6) is 0.318. The number of hydrogen-bond acceptors (Lipinski definition) is 4. The van der Waals surface area contributed by atoms with Gasteiger partial charge < -0.3 is 4.84 Å². The molecule has 1 aromatic carbocycles. The molecule has 5 nitrogen and oxygen atoms in total. The first-order chi connectivity index (χ1) is 10.4. The molecule has 0 radical (unpaired) electrons. The van der Waals surface area contributed by atoms with Crippen molar-refractivity contribution in [1.82, 2.24) is 0 Å². The zero-order valence-electron chi connectivity index (χ0n) is 13.5. The Morgan fingerprint density at radius 1 is 1.27 bits per heavy atom. The maximum Gasteiger partial charge on any atom is 0.270 e. The van der Waals surface area contributed by atoms with Gasteiger partial charge in [0, 0.05) is 23.6 Å². The summed E-state index contributed by atoms with van der Waals surface area (Å²) in [6.07, 6.45) is 5.73. The van der Waals surface area contributed by atoms with Gasteiger partial charge in [0.2, 0.25) is 0 Å². The molecule has 0 aliphatic heterocycles. The minimum absolute atomic E-state index is 0.0942. The Morgan fingerprint density at radius 3 is 2.55 bits per heavy atom. The summed E-state index contributed by atoms with van der Waals surface area (Å²) in [7, 11) is 0. The lowest BCUT2D eigenvalue weighted by Gasteiger charge is -2.25. The number of benzene rings is 1. The van der Waals surface area contributed by atoms with Gasteiger partial charge in [-0.1, -0.05) is 36.6 Å². The predicted molar refractivity (Wildman–Crippen MR) is 87.0 cm³/mol. The second kappa shape index (κ2) is 6.90. The summed E-state index contributed by atoms with van der Waals surface area (Å²) >= 11 is 0. The molecule has 1 aliphatic carbocycles. The van der Waals surface area contributed by atoms with Crippen molar-refractivity contribution in [3.63, 3.8) is 0 Å². The molecule has 0 unspecified atom stereocenters. The Kier molecular flexibility index (Phi) is 5.16. The second-order valence-electron chi connectivity index (χ2n) is 6.82. The van der Waals surface area contributed by atoms with Crippen molar-refractivity contribution in [2.45, 2.75) is 58.5 Å². The van der Waals surface area contributed by atoms with Crippen molar-refractivity contribution >= 4 is 11.4 Å². The van der Waals surface area contributed by atoms with Gasteiger partial charge in [0.05, 0.1) is 10.6 Å². The monoisotopic (exact) mass is 304 g/mol. The SMILES string of the molecule is CC(C)(C)ON=C(c1cccc([N+](=O)[O-])c1)C1CCCCC1. The van der Waals surface area contributed by atoms with Crippen molar-refractivity contribution in [1.29, 1.82) is 0 Å². The van der Waals surface area contributed by atoms with E-state index in [2.05, 4.69) is 5.16 Å². The molecule has 0 spiro atoms. The van der Waals surface area contributed by atoms with E-state index >= 15 is 0 Å². The van der Waals surface area contributed by atoms with Gasteiger partial charge >= 0.3 is 0 Å². The summed E-state index contributed by atoms with van der Waals surface area (Å²) in [4.78, 5) is 16.3. The quantitative estimate of drug-likeness (QED) is 0.460. The number of nitro benzene ring substituents is 1. The summed E-state index contributed by atoms with van der Waals surface area (Å²) in [6, 6.07) is 6.70. The van der Waals surface area contributed by atoms with Crippen LogP contribution in [0.2, 0.25) is 0 Å². The molecule has 22 heavy (non-hydrogen) atoms. The van der Waals surface area contributed by atoms with Crippen LogP contribution in [-0.2, 0) is 4.84 Å². The van der Waals surface area contributed by atoms with Crippen LogP contribution >= 0.6 is 0 Å². The van der Waals surface area contributed by atoms with E-state index in [4.69, 9.17) is 4.84 Å². The van der Waals surface area contributed by atoms with Gasteiger partial charge in [-0.2, -0.15) is 0 Å². The predicted octanol–water partition coefficient (Wildman–Crippen LogP) is 4.69. The van der Waals surface area contributed by atoms with E-state index in [-0.39, 0.29) is 16.2 Å². The molecule has 0 saturated heterocycles. The van der Waals surface area contributed by atoms with Gasteiger partial charge in [0.1, 0.15) is 5.60 Å². The standard InChI is InChI=1S/C17H24N2O3/c1-17(2,3)22-18-16(13-8-5-4-6-9-13)14-10-7-11-15(12-14)19(20)21/h7,10-13H,4-6,8-9H2,1-3H3. The minimum Gasteiger partial charge on any atom is -0.390 e. The molecule has 120 valence electrons. The van der Waals surface area contributed by atoms with Crippen LogP contribution in [0.4, 0.5) is 5.69 Å². The maximum atomic E-state index is 11.0. The molecule has 0 N–H and O–H groups in total. The minimum atomic E-state index is -0.374. The summed E-state index contributed by atoms with van der Waals surface area (Å²) < 4.78 is 0. The van der Waals surface area contributed by atoms with Crippen LogP contribution in [0.15, 0.2) is 29.4 Å². The van der Waals surface area contributed by atoms with Crippen molar-refractivity contribution in [3.05, 3.63) is 39.9 Å². The number of nitro groups is 1. The number of oxime groups is 1. The lowest BCUT2D eigenvalue weighted by molar-refractivity contribution is -0.384. The van der Waals surface area contributed by atoms with Crippen molar-refractivity contribution < 1.29 is 9.76 Å². The third kappa shape index (κ3) is 4.55. The van der Waals surface area contributed by atoms with Gasteiger partial charge in [-0.05, 0) is 33.6 Å². The number of nitrogens with zero attached hydrogens (tertiary/aromatic N) is 2. The fourth-order valence-corrected chi connectivity index (χ4v) is 2.70. The summed E-state index contributed by atoms with van der Waals surface area (Å²) in [5, 5.41) is 15.4. The molecular formula is C17H24N2O3. The van der Waals surface area contributed by atoms with Crippen LogP contribution in [0.25, 0.3) is 0 Å². The Bertz CT molecular complexity index is 555. The maximum absolute atomic E-state index is 11.0. The fourth-order valence-electron chi connectivity index (χ4n) is 2.70. The number of non-ortho nitro benzene ring substituents is 1. The molecule has 0 bridgehead atoms. The first kappa shape index (κ1) is 16.5. The normalized spacial score (nSPS) is 17.3. The average molecular weight is 304 g/mol. The van der Waals surface area contributed by atoms with E-state index in [9.17, 15) is 10.1 Å². The Labute approximate surface area is 131 Å². The van der Waals surface area contributed by atoms with Crippen LogP contribution in [-0.4, -0.2) is 16.2 Å². The molecule has 1 aliphatic rings. The Morgan fingerprint density at radius 2 is 1.95 bits per heavy atom. The van der Waals surface area contributed by atoms with Gasteiger partial charge in [-0.25, -0.2) is 0 Å². The summed E-state index contributed by atoms with van der Waals surface area (Å²) in [5.41, 5.74) is 1.36. The van der Waals surface area contributed by atoms with Crippen LogP contribution in [0.1, 0.15) is 58.4 Å². The molecule has 0 atom stereocenters. The molecule has 1 fully saturated rings. The molecule has 5 heteroatoms. The third-order valence-electron chi connectivity index (χ3n) is 3.76. The highest BCUT2D eigenvalue weighted by molar-refractivity contribution is 6.02. The van der Waals surface area contributed by atoms with Gasteiger partial charge in [-0.15, -0.1) is 0 Å². The first-order valence-electron chi connectivity index (χ1n) is 7.88. The third-order valence-corrected chi connectivity index (χ3v) is 3.76. The fraction of sp³-hybridized carbons (Fsp3) is 0.588. The molecular weight excluding hydrogens is 280 g/mol. The zero-order valence-corrected chi connectivity index (χ0v) is 13.5. The lowest BCUT2D eigenvalue weighted by Crippen LogP contribution is -2.23. The molecule has 0 aromatic heterocycles. The van der Waals surface area contributed by atoms with Gasteiger partial charge in [0.25, 0.3) is 5.69 Å². The highest BCUT2D eigenvalue weighted by Gasteiger charge is 2.24. The molecule has 0 amide bonds. The van der Waals surface area contributed by atoms with Gasteiger partial charge in [0.15, 0.2) is 0 Å². The van der Waals surface area contributed by atoms with Crippen LogP contribution < -0.4 is 0 Å². The zero-order chi connectivity index (χ0) is 16.2. The average Bonchev–Trinajstić information content (AvgIpc) is 2.48. The largest absolute Gasteiger partial charge is 0.390 e. The van der Waals surface area contributed by atoms with Crippen LogP contribution in [0, 0.1) is 16.0 Å². The Hall–Kier alpha value is -1.91. The van der Waals surface area contributed by atoms with Gasteiger partial charge in [-0.3, -0.25) is 10.1 Å². The highest BCUT2D eigenvalue weighted by Crippen LogP contribution is 2.29. The molecule has 0 heterocycles. The molecule has 1 saturated carbocycles. The second-order valence-corrected chi connectivity index (χ2v) is 6.82. The van der Waals surface area contributed by atoms with Crippen LogP contribution in [0.3, 0.4) is 0 Å². The van der Waals surface area contributed by atoms with E-state index < -0.39 is 0 Å². The number of rotatable bonds is 4. The van der Waals surface area contributed by atoms with E-state index in [1.165, 1.54) is 25.3 Å². The smallest absolute Gasteiger partial charge is 0.270 e. The van der Waals surface area contributed by atoms with E-state index in [1.807, 2.05) is 26.8 Å². The van der Waals surface area contributed by atoms with Crippen molar-refractivity contribution in [2.24, 2.45) is 11.1 Å². The first-order valence-corrected chi connectivity index (χ1v) is 7.88.